The molecular formula is C44H54N8O7. The largest absolute Gasteiger partial charge is 0.391 e. The molecule has 4 aromatic rings. The second-order valence-corrected chi connectivity index (χ2v) is 15.4. The quantitative estimate of drug-likeness (QED) is 0.102. The van der Waals surface area contributed by atoms with E-state index in [1.807, 2.05) is 60.7 Å². The molecule has 7 atom stereocenters. The van der Waals surface area contributed by atoms with Crippen molar-refractivity contribution in [2.24, 2.45) is 5.73 Å². The smallest absolute Gasteiger partial charge is 0.246 e. The number of carbonyl (C=O) groups excluding carboxylic acids is 6. The van der Waals surface area contributed by atoms with Gasteiger partial charge in [-0.25, -0.2) is 0 Å². The second-order valence-electron chi connectivity index (χ2n) is 15.4. The zero-order chi connectivity index (χ0) is 41.9. The lowest BCUT2D eigenvalue weighted by Gasteiger charge is -2.32. The van der Waals surface area contributed by atoms with Crippen LogP contribution in [0.1, 0.15) is 55.7 Å². The third-order valence-electron chi connectivity index (χ3n) is 11.0. The first kappa shape index (κ1) is 42.5. The third kappa shape index (κ3) is 10.9. The standard InChI is InChI=1S/C44H54N8O7/c1-27(53)38-43(58)47-33(19-10-11-21-45)39(54)48-35(25-30-26-46-32-18-9-8-17-31(30)32)40(55)50-36(24-29-15-6-3-7-16-29)44(59)52-22-12-20-37(52)42(57)49-34(41(56)51-38)23-28-13-4-2-5-14-28/h2-9,13-18,26-27,33-38,46,53H,10-12,19-25,45H2,1H3,(H,47,58)(H,48,54)(H,49,57)(H,50,55)(H,51,56)/t27-,33+,34+,35+,36+,37-,38+/m1/s1. The molecule has 6 amide bonds. The lowest BCUT2D eigenvalue weighted by Crippen LogP contribution is -2.63. The maximum Gasteiger partial charge on any atom is 0.246 e. The summed E-state index contributed by atoms with van der Waals surface area (Å²) in [6.45, 7) is 1.90. The molecule has 0 radical (unpaired) electrons. The molecule has 0 saturated carbocycles. The molecule has 2 saturated heterocycles. The van der Waals surface area contributed by atoms with Gasteiger partial charge in [0, 0.05) is 42.9 Å². The molecule has 312 valence electrons. The van der Waals surface area contributed by atoms with Crippen LogP contribution >= 0.6 is 0 Å². The molecule has 59 heavy (non-hydrogen) atoms. The maximum absolute atomic E-state index is 14.6. The number of fused-ring (bicyclic) bond motifs is 2. The number of carbonyl (C=O) groups is 6. The Kier molecular flexibility index (Phi) is 14.5. The summed E-state index contributed by atoms with van der Waals surface area (Å²) in [6.07, 6.45) is 2.45. The normalized spacial score (nSPS) is 24.2. The number of aliphatic hydroxyl groups excluding tert-OH is 1. The highest BCUT2D eigenvalue weighted by Crippen LogP contribution is 2.22. The van der Waals surface area contributed by atoms with E-state index in [9.17, 15) is 33.9 Å². The van der Waals surface area contributed by atoms with E-state index in [-0.39, 0.29) is 32.2 Å². The topological polar surface area (TPSA) is 228 Å². The Morgan fingerprint density at radius 3 is 1.90 bits per heavy atom. The number of unbranched alkanes of at least 4 members (excludes halogenated alkanes) is 1. The molecule has 0 bridgehead atoms. The summed E-state index contributed by atoms with van der Waals surface area (Å²) in [6, 6.07) is 18.5. The number of aromatic nitrogens is 1. The second kappa shape index (κ2) is 20.1. The van der Waals surface area contributed by atoms with Gasteiger partial charge in [0.05, 0.1) is 6.10 Å². The van der Waals surface area contributed by atoms with Crippen molar-refractivity contribution in [2.45, 2.75) is 101 Å². The van der Waals surface area contributed by atoms with Crippen molar-refractivity contribution in [2.75, 3.05) is 13.1 Å². The van der Waals surface area contributed by atoms with E-state index in [1.54, 1.807) is 30.5 Å². The highest BCUT2D eigenvalue weighted by atomic mass is 16.3. The summed E-state index contributed by atoms with van der Waals surface area (Å²) in [5.41, 5.74) is 8.82. The van der Waals surface area contributed by atoms with Crippen LogP contribution in [0.3, 0.4) is 0 Å². The van der Waals surface area contributed by atoms with Crippen molar-refractivity contribution in [3.05, 3.63) is 108 Å². The number of hydrogen-bond acceptors (Lipinski definition) is 8. The molecule has 6 rings (SSSR count). The molecular weight excluding hydrogens is 753 g/mol. The molecule has 2 aliphatic heterocycles. The SMILES string of the molecule is C[C@@H](O)[C@@H]1NC(=O)[C@H](Cc2ccccc2)NC(=O)[C@H]2CCCN2C(=O)[C@H](Cc2ccccc2)NC(=O)[C@H](Cc2c[nH]c3ccccc23)NC(=O)[C@H](CCCCN)NC1=O. The first-order valence-corrected chi connectivity index (χ1v) is 20.4. The molecule has 0 unspecified atom stereocenters. The predicted molar refractivity (Wildman–Crippen MR) is 221 cm³/mol. The fourth-order valence-corrected chi connectivity index (χ4v) is 7.84. The number of hydrogen-bond donors (Lipinski definition) is 8. The first-order chi connectivity index (χ1) is 28.5. The van der Waals surface area contributed by atoms with E-state index in [0.29, 0.717) is 32.2 Å². The van der Waals surface area contributed by atoms with Gasteiger partial charge in [-0.15, -0.1) is 0 Å². The Morgan fingerprint density at radius 1 is 0.661 bits per heavy atom. The minimum atomic E-state index is -1.52. The summed E-state index contributed by atoms with van der Waals surface area (Å²) in [5, 5.41) is 25.6. The number of rotatable bonds is 11. The Hall–Kier alpha value is -6.06. The van der Waals surface area contributed by atoms with E-state index < -0.39 is 77.8 Å². The van der Waals surface area contributed by atoms with Crippen LogP contribution < -0.4 is 32.3 Å². The van der Waals surface area contributed by atoms with E-state index in [1.165, 1.54) is 11.8 Å². The summed E-state index contributed by atoms with van der Waals surface area (Å²) >= 11 is 0. The number of nitrogens with two attached hydrogens (primary N) is 1. The molecule has 3 aromatic carbocycles. The van der Waals surface area contributed by atoms with Crippen molar-refractivity contribution >= 4 is 46.3 Å². The molecule has 0 spiro atoms. The van der Waals surface area contributed by atoms with Gasteiger partial charge in [-0.2, -0.15) is 0 Å². The van der Waals surface area contributed by atoms with Gasteiger partial charge in [0.25, 0.3) is 0 Å². The highest BCUT2D eigenvalue weighted by molar-refractivity contribution is 5.99. The van der Waals surface area contributed by atoms with Crippen LogP contribution in [0.4, 0.5) is 0 Å². The van der Waals surface area contributed by atoms with Crippen molar-refractivity contribution in [1.82, 2.24) is 36.5 Å². The molecule has 0 aliphatic carbocycles. The fourth-order valence-electron chi connectivity index (χ4n) is 7.84. The fraction of sp³-hybridized carbons (Fsp3) is 0.409. The Balaban J connectivity index is 1.40. The first-order valence-electron chi connectivity index (χ1n) is 20.4. The summed E-state index contributed by atoms with van der Waals surface area (Å²) < 4.78 is 0. The lowest BCUT2D eigenvalue weighted by molar-refractivity contribution is -0.143. The van der Waals surface area contributed by atoms with E-state index in [2.05, 4.69) is 31.6 Å². The van der Waals surface area contributed by atoms with Gasteiger partial charge in [0.15, 0.2) is 0 Å². The van der Waals surface area contributed by atoms with Crippen LogP contribution in [0.25, 0.3) is 10.9 Å². The minimum absolute atomic E-state index is 0.0290. The van der Waals surface area contributed by atoms with Crippen molar-refractivity contribution in [1.29, 1.82) is 0 Å². The molecule has 2 aliphatic rings. The minimum Gasteiger partial charge on any atom is -0.391 e. The van der Waals surface area contributed by atoms with Crippen LogP contribution in [0.2, 0.25) is 0 Å². The van der Waals surface area contributed by atoms with Crippen molar-refractivity contribution < 1.29 is 33.9 Å². The number of nitrogens with zero attached hydrogens (tertiary/aromatic N) is 1. The molecule has 3 heterocycles. The lowest BCUT2D eigenvalue weighted by atomic mass is 10.00. The van der Waals surface area contributed by atoms with Gasteiger partial charge in [0.1, 0.15) is 36.3 Å². The number of aromatic amines is 1. The van der Waals surface area contributed by atoms with Gasteiger partial charge < -0.3 is 47.3 Å². The molecule has 15 nitrogen and oxygen atoms in total. The van der Waals surface area contributed by atoms with Crippen LogP contribution in [0, 0.1) is 0 Å². The van der Waals surface area contributed by atoms with Crippen LogP contribution in [-0.2, 0) is 48.0 Å². The zero-order valence-electron chi connectivity index (χ0n) is 33.2. The van der Waals surface area contributed by atoms with Crippen LogP contribution in [0.15, 0.2) is 91.1 Å². The van der Waals surface area contributed by atoms with E-state index in [4.69, 9.17) is 5.73 Å². The number of aliphatic hydroxyl groups is 1. The number of amides is 6. The summed E-state index contributed by atoms with van der Waals surface area (Å²) in [5.74, 6) is -3.93. The predicted octanol–water partition coefficient (Wildman–Crippen LogP) is 1.13. The molecule has 2 fully saturated rings. The van der Waals surface area contributed by atoms with Gasteiger partial charge in [-0.05, 0) is 68.3 Å². The Labute approximate surface area is 343 Å². The Bertz CT molecular complexity index is 2090. The average molecular weight is 807 g/mol. The van der Waals surface area contributed by atoms with E-state index in [0.717, 1.165) is 27.6 Å². The zero-order valence-corrected chi connectivity index (χ0v) is 33.2. The number of benzene rings is 3. The maximum atomic E-state index is 14.6. The summed E-state index contributed by atoms with van der Waals surface area (Å²) in [4.78, 5) is 90.4. The van der Waals surface area contributed by atoms with Crippen LogP contribution in [0.5, 0.6) is 0 Å². The van der Waals surface area contributed by atoms with Crippen LogP contribution in [-0.4, -0.2) is 106 Å². The number of nitrogens with one attached hydrogen (secondary N) is 6. The number of H-pyrrole nitrogens is 1. The van der Waals surface area contributed by atoms with Crippen molar-refractivity contribution in [3.8, 4) is 0 Å². The highest BCUT2D eigenvalue weighted by Gasteiger charge is 2.41. The molecule has 9 N–H and O–H groups in total. The summed E-state index contributed by atoms with van der Waals surface area (Å²) in [7, 11) is 0. The number of para-hydroxylation sites is 1. The monoisotopic (exact) mass is 806 g/mol. The molecule has 15 heteroatoms. The van der Waals surface area contributed by atoms with Gasteiger partial charge in [0.2, 0.25) is 35.4 Å². The van der Waals surface area contributed by atoms with Gasteiger partial charge in [-0.1, -0.05) is 78.9 Å². The van der Waals surface area contributed by atoms with Gasteiger partial charge in [-0.3, -0.25) is 28.8 Å². The Morgan fingerprint density at radius 2 is 1.22 bits per heavy atom. The third-order valence-corrected chi connectivity index (χ3v) is 11.0. The van der Waals surface area contributed by atoms with E-state index >= 15 is 0 Å². The average Bonchev–Trinajstić information content (AvgIpc) is 3.90. The van der Waals surface area contributed by atoms with Crippen molar-refractivity contribution in [3.63, 3.8) is 0 Å². The van der Waals surface area contributed by atoms with Gasteiger partial charge >= 0.3 is 0 Å². The molecule has 1 aromatic heterocycles.